The Morgan fingerprint density at radius 1 is 1.10 bits per heavy atom. The van der Waals surface area contributed by atoms with Crippen LogP contribution in [0.1, 0.15) is 16.8 Å². The van der Waals surface area contributed by atoms with Crippen LogP contribution in [0.5, 0.6) is 0 Å². The van der Waals surface area contributed by atoms with E-state index in [4.69, 9.17) is 9.90 Å². The van der Waals surface area contributed by atoms with Crippen molar-refractivity contribution in [3.63, 3.8) is 0 Å². The summed E-state index contributed by atoms with van der Waals surface area (Å²) in [7, 11) is 3.83. The van der Waals surface area contributed by atoms with Crippen molar-refractivity contribution in [1.29, 1.82) is 0 Å². The van der Waals surface area contributed by atoms with Crippen molar-refractivity contribution in [2.45, 2.75) is 25.2 Å². The summed E-state index contributed by atoms with van der Waals surface area (Å²) in [6.45, 7) is 0.494. The number of anilines is 1. The fourth-order valence-electron chi connectivity index (χ4n) is 3.39. The number of aliphatic carboxylic acids is 2. The molecule has 14 heteroatoms. The number of imidazole rings is 1. The minimum Gasteiger partial charge on any atom is -0.480 e. The number of nitrogens with zero attached hydrogens (tertiary/aromatic N) is 4. The molecule has 0 aliphatic carbocycles. The van der Waals surface area contributed by atoms with Crippen LogP contribution in [0.25, 0.3) is 22.4 Å². The Morgan fingerprint density at radius 3 is 2.36 bits per heavy atom. The fourth-order valence-corrected chi connectivity index (χ4v) is 3.39. The maximum Gasteiger partial charge on any atom is 0.490 e. The third-order valence-corrected chi connectivity index (χ3v) is 5.41. The summed E-state index contributed by atoms with van der Waals surface area (Å²) in [6, 6.07) is 11.6. The fraction of sp³-hybridized carbons (Fsp3) is 0.240. The molecule has 0 unspecified atom stereocenters. The van der Waals surface area contributed by atoms with Gasteiger partial charge in [-0.3, -0.25) is 4.79 Å². The Kier molecular flexibility index (Phi) is 8.91. The monoisotopic (exact) mass is 546 g/mol. The highest BCUT2D eigenvalue weighted by Crippen LogP contribution is 2.23. The van der Waals surface area contributed by atoms with Crippen molar-refractivity contribution < 1.29 is 37.8 Å². The minimum atomic E-state index is -5.08. The molecule has 0 spiro atoms. The number of nitrogens with one attached hydrogen (secondary N) is 2. The maximum atomic E-state index is 12.7. The van der Waals surface area contributed by atoms with Gasteiger partial charge in [0.05, 0.1) is 11.0 Å². The first-order valence-electron chi connectivity index (χ1n) is 11.4. The van der Waals surface area contributed by atoms with Gasteiger partial charge in [0.15, 0.2) is 0 Å². The molecule has 0 bridgehead atoms. The number of hydrogen-bond donors (Lipinski definition) is 4. The van der Waals surface area contributed by atoms with Crippen molar-refractivity contribution in [1.82, 2.24) is 24.8 Å². The van der Waals surface area contributed by atoms with Gasteiger partial charge in [-0.2, -0.15) is 13.2 Å². The summed E-state index contributed by atoms with van der Waals surface area (Å²) in [4.78, 5) is 47.3. The number of aromatic nitrogens is 4. The van der Waals surface area contributed by atoms with Gasteiger partial charge in [0.1, 0.15) is 17.7 Å². The van der Waals surface area contributed by atoms with E-state index in [1.165, 1.54) is 0 Å². The Labute approximate surface area is 219 Å². The molecule has 39 heavy (non-hydrogen) atoms. The Balaban J connectivity index is 0.000000532. The molecule has 3 aromatic heterocycles. The van der Waals surface area contributed by atoms with Gasteiger partial charge in [0.2, 0.25) is 0 Å². The van der Waals surface area contributed by atoms with Crippen molar-refractivity contribution in [2.75, 3.05) is 19.0 Å². The Bertz CT molecular complexity index is 1450. The summed E-state index contributed by atoms with van der Waals surface area (Å²) >= 11 is 0. The number of benzene rings is 1. The average Bonchev–Trinajstić information content (AvgIpc) is 3.55. The molecule has 0 radical (unpaired) electrons. The largest absolute Gasteiger partial charge is 0.490 e. The molecule has 4 rings (SSSR count). The lowest BCUT2D eigenvalue weighted by Crippen LogP contribution is -2.41. The predicted molar refractivity (Wildman–Crippen MR) is 135 cm³/mol. The molecule has 11 nitrogen and oxygen atoms in total. The van der Waals surface area contributed by atoms with E-state index in [1.54, 1.807) is 24.4 Å². The summed E-state index contributed by atoms with van der Waals surface area (Å²) in [5.41, 5.74) is 2.64. The summed E-state index contributed by atoms with van der Waals surface area (Å²) in [5, 5.41) is 19.3. The van der Waals surface area contributed by atoms with E-state index in [2.05, 4.69) is 20.3 Å². The maximum absolute atomic E-state index is 12.7. The Morgan fingerprint density at radius 2 is 1.77 bits per heavy atom. The lowest BCUT2D eigenvalue weighted by atomic mass is 10.1. The molecule has 0 aliphatic heterocycles. The minimum absolute atomic E-state index is 0.280. The van der Waals surface area contributed by atoms with Gasteiger partial charge < -0.3 is 30.0 Å². The third-order valence-electron chi connectivity index (χ3n) is 5.41. The van der Waals surface area contributed by atoms with E-state index >= 15 is 0 Å². The second-order valence-electron chi connectivity index (χ2n) is 8.49. The number of carbonyl (C=O) groups is 3. The highest BCUT2D eigenvalue weighted by molar-refractivity contribution is 5.99. The second kappa shape index (κ2) is 12.1. The zero-order valence-electron chi connectivity index (χ0n) is 20.8. The number of halogens is 3. The van der Waals surface area contributed by atoms with Gasteiger partial charge >= 0.3 is 18.1 Å². The van der Waals surface area contributed by atoms with Crippen LogP contribution < -0.4 is 10.2 Å². The molecule has 0 saturated carbocycles. The normalized spacial score (nSPS) is 11.8. The number of aromatic amines is 1. The van der Waals surface area contributed by atoms with Crippen LogP contribution in [0.15, 0.2) is 61.1 Å². The van der Waals surface area contributed by atoms with Gasteiger partial charge in [-0.15, -0.1) is 0 Å². The number of aryl methyl sites for hydroxylation is 1. The van der Waals surface area contributed by atoms with Gasteiger partial charge in [-0.25, -0.2) is 19.6 Å². The van der Waals surface area contributed by atoms with Crippen LogP contribution in [0.2, 0.25) is 0 Å². The molecule has 1 atom stereocenters. The third kappa shape index (κ3) is 7.80. The van der Waals surface area contributed by atoms with Crippen molar-refractivity contribution in [3.8, 4) is 11.4 Å². The first kappa shape index (κ1) is 28.7. The van der Waals surface area contributed by atoms with E-state index in [-0.39, 0.29) is 6.42 Å². The second-order valence-corrected chi connectivity index (χ2v) is 8.49. The SMILES string of the molecule is CN(C)c1cc(-c2nc3ccc(C(=O)N[C@@H](CCn4cccc4)C(=O)O)cc3[nH]2)ccn1.O=C(O)C(F)(F)F. The zero-order valence-corrected chi connectivity index (χ0v) is 20.8. The van der Waals surface area contributed by atoms with Gasteiger partial charge in [-0.05, 0) is 48.9 Å². The molecular weight excluding hydrogens is 521 g/mol. The van der Waals surface area contributed by atoms with Crippen LogP contribution in [0.4, 0.5) is 19.0 Å². The van der Waals surface area contributed by atoms with Gasteiger partial charge in [0.25, 0.3) is 5.91 Å². The van der Waals surface area contributed by atoms with Crippen molar-refractivity contribution in [3.05, 3.63) is 66.6 Å². The van der Waals surface area contributed by atoms with E-state index in [0.29, 0.717) is 29.0 Å². The van der Waals surface area contributed by atoms with Crippen LogP contribution in [0, 0.1) is 0 Å². The smallest absolute Gasteiger partial charge is 0.480 e. The summed E-state index contributed by atoms with van der Waals surface area (Å²) in [6.07, 6.45) is 0.627. The number of rotatable bonds is 8. The summed E-state index contributed by atoms with van der Waals surface area (Å²) < 4.78 is 33.6. The molecule has 206 valence electrons. The molecular formula is C25H25F3N6O5. The first-order valence-corrected chi connectivity index (χ1v) is 11.4. The number of amides is 1. The van der Waals surface area contributed by atoms with Crippen LogP contribution in [-0.2, 0) is 16.1 Å². The van der Waals surface area contributed by atoms with Crippen LogP contribution in [-0.4, -0.2) is 73.9 Å². The topological polar surface area (TPSA) is 153 Å². The molecule has 4 N–H and O–H groups in total. The molecule has 0 saturated heterocycles. The molecule has 1 amide bonds. The number of alkyl halides is 3. The van der Waals surface area contributed by atoms with Crippen molar-refractivity contribution >= 4 is 34.7 Å². The first-order chi connectivity index (χ1) is 18.3. The van der Waals surface area contributed by atoms with Crippen molar-refractivity contribution in [2.24, 2.45) is 0 Å². The number of carboxylic acids is 2. The van der Waals surface area contributed by atoms with Crippen LogP contribution >= 0.6 is 0 Å². The van der Waals surface area contributed by atoms with E-state index < -0.39 is 30.1 Å². The van der Waals surface area contributed by atoms with E-state index in [1.807, 2.05) is 60.2 Å². The number of carbonyl (C=O) groups excluding carboxylic acids is 1. The number of hydrogen-bond acceptors (Lipinski definition) is 6. The lowest BCUT2D eigenvalue weighted by Gasteiger charge is -2.15. The molecule has 1 aromatic carbocycles. The standard InChI is InChI=1S/C23H24N6O3.C2HF3O2/c1-28(2)20-14-15(7-9-24-20)21-25-17-6-5-16(13-19(17)26-21)22(30)27-18(23(31)32)8-12-29-10-3-4-11-29;3-2(4,5)1(6)7/h3-7,9-11,13-14,18H,8,12H2,1-2H3,(H,25,26)(H,27,30)(H,31,32);(H,6,7)/t18-;/m0./s1. The Hall–Kier alpha value is -4.88. The van der Waals surface area contributed by atoms with E-state index in [0.717, 1.165) is 11.4 Å². The highest BCUT2D eigenvalue weighted by atomic mass is 19.4. The average molecular weight is 547 g/mol. The number of fused-ring (bicyclic) bond motifs is 1. The molecule has 0 aliphatic rings. The number of pyridine rings is 1. The summed E-state index contributed by atoms with van der Waals surface area (Å²) in [5.74, 6) is -2.79. The number of carboxylic acid groups (broad SMARTS) is 2. The predicted octanol–water partition coefficient (Wildman–Crippen LogP) is 3.40. The van der Waals surface area contributed by atoms with Crippen LogP contribution in [0.3, 0.4) is 0 Å². The number of H-pyrrole nitrogens is 1. The van der Waals surface area contributed by atoms with E-state index in [9.17, 15) is 27.9 Å². The molecule has 3 heterocycles. The molecule has 4 aromatic rings. The van der Waals surface area contributed by atoms with Gasteiger partial charge in [-0.1, -0.05) is 0 Å². The molecule has 0 fully saturated rings. The quantitative estimate of drug-likeness (QED) is 0.262. The highest BCUT2D eigenvalue weighted by Gasteiger charge is 2.38. The lowest BCUT2D eigenvalue weighted by molar-refractivity contribution is -0.192. The zero-order chi connectivity index (χ0) is 28.7. The van der Waals surface area contributed by atoms with Gasteiger partial charge in [0, 0.05) is 50.4 Å².